The van der Waals surface area contributed by atoms with Crippen LogP contribution in [0.25, 0.3) is 11.2 Å². The fourth-order valence-electron chi connectivity index (χ4n) is 3.61. The Labute approximate surface area is 231 Å². The molecule has 0 saturated heterocycles. The number of hydrogen-bond acceptors (Lipinski definition) is 10. The van der Waals surface area contributed by atoms with Gasteiger partial charge in [-0.15, -0.1) is 0 Å². The molecule has 42 heavy (non-hydrogen) atoms. The SMILES string of the molecule is CO[C@H](COP(=O)(O)CP(=O)(O)O)[C@@H](O)[C@@H](O)n1cnc2c(NCc3cc(C(F)(F)F)cc(C(F)(F)F)c3)ncnc21. The zero-order valence-electron chi connectivity index (χ0n) is 21.1. The van der Waals surface area contributed by atoms with E-state index in [9.17, 15) is 50.6 Å². The van der Waals surface area contributed by atoms with Crippen LogP contribution in [0.15, 0.2) is 30.9 Å². The van der Waals surface area contributed by atoms with Crippen LogP contribution >= 0.6 is 15.2 Å². The largest absolute Gasteiger partial charge is 0.416 e. The second kappa shape index (κ2) is 12.5. The Bertz CT molecular complexity index is 1470. The van der Waals surface area contributed by atoms with Crippen LogP contribution in [0.1, 0.15) is 22.9 Å². The Balaban J connectivity index is 1.81. The summed E-state index contributed by atoms with van der Waals surface area (Å²) in [6.45, 7) is -1.45. The molecule has 2 heterocycles. The lowest BCUT2D eigenvalue weighted by molar-refractivity contribution is -0.143. The maximum absolute atomic E-state index is 13.2. The van der Waals surface area contributed by atoms with E-state index in [1.807, 2.05) is 0 Å². The Morgan fingerprint density at radius 1 is 0.976 bits per heavy atom. The molecule has 0 spiro atoms. The van der Waals surface area contributed by atoms with Gasteiger partial charge in [0.2, 0.25) is 0 Å². The Morgan fingerprint density at radius 3 is 2.10 bits per heavy atom. The van der Waals surface area contributed by atoms with Gasteiger partial charge in [0.05, 0.1) is 24.1 Å². The van der Waals surface area contributed by atoms with Crippen molar-refractivity contribution in [2.75, 3.05) is 24.9 Å². The highest BCUT2D eigenvalue weighted by atomic mass is 31.2. The lowest BCUT2D eigenvalue weighted by Gasteiger charge is -2.27. The molecule has 4 atom stereocenters. The second-order valence-corrected chi connectivity index (χ2v) is 12.7. The number of alkyl halides is 6. The summed E-state index contributed by atoms with van der Waals surface area (Å²) >= 11 is 0. The van der Waals surface area contributed by atoms with Gasteiger partial charge in [-0.2, -0.15) is 26.3 Å². The molecule has 0 aliphatic heterocycles. The van der Waals surface area contributed by atoms with Crippen molar-refractivity contribution in [1.29, 1.82) is 0 Å². The third-order valence-electron chi connectivity index (χ3n) is 5.54. The molecular weight excluding hydrogens is 630 g/mol. The van der Waals surface area contributed by atoms with Gasteiger partial charge < -0.3 is 39.5 Å². The first-order chi connectivity index (χ1) is 19.2. The highest BCUT2D eigenvalue weighted by Crippen LogP contribution is 2.55. The van der Waals surface area contributed by atoms with Gasteiger partial charge in [-0.25, -0.2) is 15.0 Å². The third kappa shape index (κ3) is 8.68. The summed E-state index contributed by atoms with van der Waals surface area (Å²) in [7, 11) is -8.73. The van der Waals surface area contributed by atoms with E-state index in [4.69, 9.17) is 14.5 Å². The zero-order chi connectivity index (χ0) is 31.7. The number of nitrogens with zero attached hydrogens (tertiary/aromatic N) is 4. The molecule has 0 aliphatic carbocycles. The number of nitrogens with one attached hydrogen (secondary N) is 1. The number of ether oxygens (including phenoxy) is 1. The average Bonchev–Trinajstić information content (AvgIpc) is 3.29. The summed E-state index contributed by atoms with van der Waals surface area (Å²) in [5.41, 5.74) is -3.69. The van der Waals surface area contributed by atoms with Gasteiger partial charge in [-0.3, -0.25) is 13.7 Å². The quantitative estimate of drug-likeness (QED) is 0.123. The molecule has 6 N–H and O–H groups in total. The number of rotatable bonds is 12. The fourth-order valence-corrected chi connectivity index (χ4v) is 6.18. The fraction of sp³-hybridized carbons (Fsp3) is 0.450. The molecule has 0 aliphatic rings. The number of fused-ring (bicyclic) bond motifs is 1. The van der Waals surface area contributed by atoms with E-state index in [2.05, 4.69) is 24.8 Å². The van der Waals surface area contributed by atoms with Crippen LogP contribution in [0.2, 0.25) is 0 Å². The molecular formula is C20H23F6N5O9P2. The molecule has 14 nitrogen and oxygen atoms in total. The van der Waals surface area contributed by atoms with Crippen molar-refractivity contribution in [1.82, 2.24) is 19.5 Å². The van der Waals surface area contributed by atoms with Crippen molar-refractivity contribution in [2.24, 2.45) is 0 Å². The summed E-state index contributed by atoms with van der Waals surface area (Å²) in [6, 6.07) is 1.03. The van der Waals surface area contributed by atoms with E-state index >= 15 is 0 Å². The zero-order valence-corrected chi connectivity index (χ0v) is 22.8. The van der Waals surface area contributed by atoms with Crippen molar-refractivity contribution in [3.05, 3.63) is 47.5 Å². The number of halogens is 6. The molecule has 2 aromatic heterocycles. The van der Waals surface area contributed by atoms with Gasteiger partial charge in [0, 0.05) is 13.7 Å². The van der Waals surface area contributed by atoms with Gasteiger partial charge in [-0.05, 0) is 23.8 Å². The first-order valence-electron chi connectivity index (χ1n) is 11.3. The monoisotopic (exact) mass is 653 g/mol. The number of aliphatic hydroxyl groups is 2. The van der Waals surface area contributed by atoms with E-state index in [0.29, 0.717) is 12.1 Å². The Hall–Kier alpha value is -2.67. The molecule has 0 saturated carbocycles. The summed E-state index contributed by atoms with van der Waals surface area (Å²) in [4.78, 5) is 39.1. The molecule has 0 bridgehead atoms. The van der Waals surface area contributed by atoms with Crippen LogP contribution in [-0.4, -0.2) is 76.2 Å². The minimum absolute atomic E-state index is 0.0178. The highest BCUT2D eigenvalue weighted by Gasteiger charge is 2.37. The number of aliphatic hydroxyl groups excluding tert-OH is 2. The predicted octanol–water partition coefficient (Wildman–Crippen LogP) is 2.68. The van der Waals surface area contributed by atoms with Crippen LogP contribution in [-0.2, 0) is 37.3 Å². The van der Waals surface area contributed by atoms with Gasteiger partial charge >= 0.3 is 27.5 Å². The predicted molar refractivity (Wildman–Crippen MR) is 130 cm³/mol. The van der Waals surface area contributed by atoms with E-state index < -0.39 is 76.2 Å². The summed E-state index contributed by atoms with van der Waals surface area (Å²) in [5.74, 6) is -1.66. The molecule has 1 unspecified atom stereocenters. The van der Waals surface area contributed by atoms with Crippen molar-refractivity contribution in [3.63, 3.8) is 0 Å². The van der Waals surface area contributed by atoms with E-state index in [1.54, 1.807) is 0 Å². The molecule has 0 radical (unpaired) electrons. The van der Waals surface area contributed by atoms with E-state index in [1.165, 1.54) is 0 Å². The Kier molecular flexibility index (Phi) is 10.1. The highest BCUT2D eigenvalue weighted by molar-refractivity contribution is 7.70. The van der Waals surface area contributed by atoms with Gasteiger partial charge in [0.15, 0.2) is 29.1 Å². The molecule has 3 aromatic rings. The topological polar surface area (TPSA) is 209 Å². The number of aromatic nitrogens is 4. The number of benzene rings is 1. The molecule has 234 valence electrons. The van der Waals surface area contributed by atoms with Crippen LogP contribution in [0.5, 0.6) is 0 Å². The molecule has 22 heteroatoms. The maximum atomic E-state index is 13.2. The number of methoxy groups -OCH3 is 1. The van der Waals surface area contributed by atoms with Crippen molar-refractivity contribution < 1.29 is 69.6 Å². The van der Waals surface area contributed by atoms with Crippen molar-refractivity contribution in [3.8, 4) is 0 Å². The molecule has 1 aromatic carbocycles. The summed E-state index contributed by atoms with van der Waals surface area (Å²) in [6.07, 6.45) is -13.6. The van der Waals surface area contributed by atoms with Crippen molar-refractivity contribution in [2.45, 2.75) is 37.3 Å². The first-order valence-corrected chi connectivity index (χ1v) is 14.9. The lowest BCUT2D eigenvalue weighted by atomic mass is 10.0. The van der Waals surface area contributed by atoms with E-state index in [-0.39, 0.29) is 28.6 Å². The average molecular weight is 653 g/mol. The smallest absolute Gasteiger partial charge is 0.386 e. The summed E-state index contributed by atoms with van der Waals surface area (Å²) < 4.78 is 112. The molecule has 3 rings (SSSR count). The minimum atomic E-state index is -5.05. The number of imidazole rings is 1. The first kappa shape index (κ1) is 33.8. The maximum Gasteiger partial charge on any atom is 0.416 e. The second-order valence-electron chi connectivity index (χ2n) is 8.73. The minimum Gasteiger partial charge on any atom is -0.386 e. The number of anilines is 1. The Morgan fingerprint density at radius 2 is 1.57 bits per heavy atom. The third-order valence-corrected chi connectivity index (χ3v) is 9.00. The van der Waals surface area contributed by atoms with Crippen LogP contribution in [0, 0.1) is 0 Å². The van der Waals surface area contributed by atoms with Crippen LogP contribution < -0.4 is 5.32 Å². The molecule has 0 fully saturated rings. The van der Waals surface area contributed by atoms with Gasteiger partial charge in [0.25, 0.3) is 0 Å². The lowest BCUT2D eigenvalue weighted by Crippen LogP contribution is -2.39. The molecule has 0 amide bonds. The van der Waals surface area contributed by atoms with Gasteiger partial charge in [-0.1, -0.05) is 0 Å². The van der Waals surface area contributed by atoms with Crippen LogP contribution in [0.3, 0.4) is 0 Å². The van der Waals surface area contributed by atoms with E-state index in [0.717, 1.165) is 24.3 Å². The van der Waals surface area contributed by atoms with Gasteiger partial charge in [0.1, 0.15) is 18.5 Å². The normalized spacial score (nSPS) is 16.7. The number of hydrogen-bond donors (Lipinski definition) is 6. The summed E-state index contributed by atoms with van der Waals surface area (Å²) in [5, 5.41) is 23.8. The van der Waals surface area contributed by atoms with Crippen LogP contribution in [0.4, 0.5) is 32.2 Å². The standard InChI is InChI=1S/C20H23F6N5O9P2/c1-39-13(6-40-42(37,38)9-41(34,35)36)15(32)18(33)31-8-30-14-16(28-7-29-17(14)31)27-5-10-2-11(19(21,22)23)4-12(3-10)20(24,25)26/h2-4,7-8,13,15,18,32-33H,5-6,9H2,1H3,(H,37,38)(H,27,28,29)(H2,34,35,36)/t13-,15-,18-/m1/s1. The van der Waals surface area contributed by atoms with Crippen molar-refractivity contribution >= 4 is 32.2 Å².